The summed E-state index contributed by atoms with van der Waals surface area (Å²) in [6.07, 6.45) is 3.24. The third-order valence-corrected chi connectivity index (χ3v) is 3.39. The molecule has 0 radical (unpaired) electrons. The molecule has 0 spiro atoms. The van der Waals surface area contributed by atoms with E-state index in [4.69, 9.17) is 10.5 Å². The largest absolute Gasteiger partial charge is 0.377 e. The highest BCUT2D eigenvalue weighted by atomic mass is 16.5. The first-order chi connectivity index (χ1) is 8.58. The van der Waals surface area contributed by atoms with Gasteiger partial charge in [0.05, 0.1) is 6.10 Å². The Morgan fingerprint density at radius 2 is 1.94 bits per heavy atom. The molecule has 0 fully saturated rings. The van der Waals surface area contributed by atoms with E-state index in [2.05, 4.69) is 39.0 Å². The molecule has 0 aliphatic carbocycles. The van der Waals surface area contributed by atoms with Crippen LogP contribution in [0.4, 0.5) is 0 Å². The zero-order valence-electron chi connectivity index (χ0n) is 12.2. The lowest BCUT2D eigenvalue weighted by atomic mass is 9.95. The Balaban J connectivity index is 2.71. The predicted molar refractivity (Wildman–Crippen MR) is 77.9 cm³/mol. The van der Waals surface area contributed by atoms with Crippen LogP contribution in [0.2, 0.25) is 0 Å². The minimum Gasteiger partial charge on any atom is -0.377 e. The van der Waals surface area contributed by atoms with Gasteiger partial charge in [0.15, 0.2) is 0 Å². The number of nitrogens with two attached hydrogens (primary N) is 1. The van der Waals surface area contributed by atoms with Gasteiger partial charge in [-0.1, -0.05) is 37.1 Å². The van der Waals surface area contributed by atoms with Crippen molar-refractivity contribution in [2.24, 2.45) is 5.73 Å². The summed E-state index contributed by atoms with van der Waals surface area (Å²) in [7, 11) is 0. The summed E-state index contributed by atoms with van der Waals surface area (Å²) < 4.78 is 5.76. The smallest absolute Gasteiger partial charge is 0.0728 e. The fraction of sp³-hybridized carbons (Fsp3) is 0.625. The highest BCUT2D eigenvalue weighted by Gasteiger charge is 2.18. The minimum atomic E-state index is 0.0883. The van der Waals surface area contributed by atoms with Crippen LogP contribution in [-0.4, -0.2) is 18.8 Å². The highest BCUT2D eigenvalue weighted by Crippen LogP contribution is 2.16. The van der Waals surface area contributed by atoms with E-state index in [0.29, 0.717) is 0 Å². The van der Waals surface area contributed by atoms with Gasteiger partial charge in [0, 0.05) is 12.6 Å². The van der Waals surface area contributed by atoms with Gasteiger partial charge < -0.3 is 10.5 Å². The summed E-state index contributed by atoms with van der Waals surface area (Å²) in [5, 5.41) is 0. The quantitative estimate of drug-likeness (QED) is 0.804. The molecule has 0 saturated carbocycles. The normalized spacial score (nSPS) is 14.5. The molecular weight excluding hydrogens is 222 g/mol. The maximum atomic E-state index is 6.32. The van der Waals surface area contributed by atoms with Gasteiger partial charge in [-0.3, -0.25) is 0 Å². The Morgan fingerprint density at radius 3 is 2.56 bits per heavy atom. The van der Waals surface area contributed by atoms with Crippen LogP contribution in [0, 0.1) is 13.8 Å². The van der Waals surface area contributed by atoms with Crippen LogP contribution in [0.5, 0.6) is 0 Å². The second-order valence-corrected chi connectivity index (χ2v) is 5.08. The molecule has 0 saturated heterocycles. The summed E-state index contributed by atoms with van der Waals surface area (Å²) >= 11 is 0. The Bertz CT molecular complexity index is 356. The van der Waals surface area contributed by atoms with Gasteiger partial charge in [0.25, 0.3) is 0 Å². The summed E-state index contributed by atoms with van der Waals surface area (Å²) in [4.78, 5) is 0. The zero-order valence-corrected chi connectivity index (χ0v) is 12.2. The molecule has 1 aromatic rings. The standard InChI is InChI=1S/C16H27NO/c1-5-7-16(18-6-2)15(17)11-14-10-12(3)8-9-13(14)4/h8-10,15-16H,5-7,11,17H2,1-4H3. The van der Waals surface area contributed by atoms with E-state index >= 15 is 0 Å². The van der Waals surface area contributed by atoms with E-state index in [0.717, 1.165) is 25.9 Å². The summed E-state index contributed by atoms with van der Waals surface area (Å²) in [6, 6.07) is 6.65. The van der Waals surface area contributed by atoms with Crippen molar-refractivity contribution in [1.82, 2.24) is 0 Å². The fourth-order valence-electron chi connectivity index (χ4n) is 2.33. The van der Waals surface area contributed by atoms with Crippen LogP contribution in [-0.2, 0) is 11.2 Å². The number of rotatable bonds is 7. The number of aryl methyl sites for hydroxylation is 2. The second-order valence-electron chi connectivity index (χ2n) is 5.08. The SMILES string of the molecule is CCCC(OCC)C(N)Cc1cc(C)ccc1C. The van der Waals surface area contributed by atoms with Crippen molar-refractivity contribution in [2.45, 2.75) is 59.1 Å². The molecule has 1 aromatic carbocycles. The summed E-state index contributed by atoms with van der Waals surface area (Å²) in [6.45, 7) is 9.23. The van der Waals surface area contributed by atoms with E-state index in [1.54, 1.807) is 0 Å². The Labute approximate surface area is 112 Å². The molecule has 18 heavy (non-hydrogen) atoms. The van der Waals surface area contributed by atoms with Crippen molar-refractivity contribution >= 4 is 0 Å². The molecule has 102 valence electrons. The molecule has 0 aliphatic rings. The molecule has 0 aliphatic heterocycles. The lowest BCUT2D eigenvalue weighted by Gasteiger charge is -2.24. The van der Waals surface area contributed by atoms with E-state index in [1.807, 2.05) is 6.92 Å². The van der Waals surface area contributed by atoms with Gasteiger partial charge in [-0.25, -0.2) is 0 Å². The van der Waals surface area contributed by atoms with E-state index < -0.39 is 0 Å². The summed E-state index contributed by atoms with van der Waals surface area (Å²) in [5.41, 5.74) is 10.3. The Hall–Kier alpha value is -0.860. The van der Waals surface area contributed by atoms with E-state index in [1.165, 1.54) is 16.7 Å². The Kier molecular flexibility index (Phi) is 6.37. The minimum absolute atomic E-state index is 0.0883. The van der Waals surface area contributed by atoms with Gasteiger partial charge in [0.2, 0.25) is 0 Å². The van der Waals surface area contributed by atoms with Gasteiger partial charge >= 0.3 is 0 Å². The number of hydrogen-bond acceptors (Lipinski definition) is 2. The summed E-state index contributed by atoms with van der Waals surface area (Å²) in [5.74, 6) is 0. The third-order valence-electron chi connectivity index (χ3n) is 3.39. The van der Waals surface area contributed by atoms with Crippen LogP contribution in [0.25, 0.3) is 0 Å². The number of hydrogen-bond donors (Lipinski definition) is 1. The van der Waals surface area contributed by atoms with Crippen molar-refractivity contribution in [1.29, 1.82) is 0 Å². The van der Waals surface area contributed by atoms with Crippen molar-refractivity contribution in [3.05, 3.63) is 34.9 Å². The lowest BCUT2D eigenvalue weighted by Crippen LogP contribution is -2.38. The van der Waals surface area contributed by atoms with Crippen molar-refractivity contribution < 1.29 is 4.74 Å². The fourth-order valence-corrected chi connectivity index (χ4v) is 2.33. The first-order valence-corrected chi connectivity index (χ1v) is 7.01. The van der Waals surface area contributed by atoms with Gasteiger partial charge in [0.1, 0.15) is 0 Å². The molecule has 1 rings (SSSR count). The zero-order chi connectivity index (χ0) is 13.5. The first-order valence-electron chi connectivity index (χ1n) is 7.01. The van der Waals surface area contributed by atoms with E-state index in [9.17, 15) is 0 Å². The Morgan fingerprint density at radius 1 is 1.22 bits per heavy atom. The molecule has 0 heterocycles. The second kappa shape index (κ2) is 7.55. The monoisotopic (exact) mass is 249 g/mol. The average Bonchev–Trinajstić information content (AvgIpc) is 2.33. The van der Waals surface area contributed by atoms with Crippen LogP contribution in [0.3, 0.4) is 0 Å². The van der Waals surface area contributed by atoms with Gasteiger partial charge in [-0.05, 0) is 44.7 Å². The molecule has 2 unspecified atom stereocenters. The molecule has 2 N–H and O–H groups in total. The van der Waals surface area contributed by atoms with Crippen LogP contribution in [0.15, 0.2) is 18.2 Å². The molecule has 2 nitrogen and oxygen atoms in total. The molecule has 0 bridgehead atoms. The first kappa shape index (κ1) is 15.2. The highest BCUT2D eigenvalue weighted by molar-refractivity contribution is 5.31. The topological polar surface area (TPSA) is 35.2 Å². The van der Waals surface area contributed by atoms with Crippen LogP contribution >= 0.6 is 0 Å². The maximum absolute atomic E-state index is 6.32. The third kappa shape index (κ3) is 4.43. The average molecular weight is 249 g/mol. The van der Waals surface area contributed by atoms with Crippen LogP contribution in [0.1, 0.15) is 43.4 Å². The molecular formula is C16H27NO. The van der Waals surface area contributed by atoms with Crippen LogP contribution < -0.4 is 5.73 Å². The van der Waals surface area contributed by atoms with Crippen molar-refractivity contribution in [3.8, 4) is 0 Å². The predicted octanol–water partition coefficient (Wildman–Crippen LogP) is 3.38. The van der Waals surface area contributed by atoms with Gasteiger partial charge in [-0.2, -0.15) is 0 Å². The molecule has 0 amide bonds. The molecule has 2 heteroatoms. The maximum Gasteiger partial charge on any atom is 0.0728 e. The number of ether oxygens (including phenoxy) is 1. The van der Waals surface area contributed by atoms with Gasteiger partial charge in [-0.15, -0.1) is 0 Å². The van der Waals surface area contributed by atoms with E-state index in [-0.39, 0.29) is 12.1 Å². The molecule has 0 aromatic heterocycles. The molecule has 2 atom stereocenters. The lowest BCUT2D eigenvalue weighted by molar-refractivity contribution is 0.0378. The van der Waals surface area contributed by atoms with Crippen molar-refractivity contribution in [3.63, 3.8) is 0 Å². The van der Waals surface area contributed by atoms with Crippen molar-refractivity contribution in [2.75, 3.05) is 6.61 Å². The number of benzene rings is 1.